The third-order valence-corrected chi connectivity index (χ3v) is 6.18. The van der Waals surface area contributed by atoms with Gasteiger partial charge in [0.2, 0.25) is 0 Å². The lowest BCUT2D eigenvalue weighted by Gasteiger charge is -2.31. The Kier molecular flexibility index (Phi) is 4.21. The summed E-state index contributed by atoms with van der Waals surface area (Å²) in [6.45, 7) is 0. The summed E-state index contributed by atoms with van der Waals surface area (Å²) in [6, 6.07) is 14.3. The Bertz CT molecular complexity index is 1350. The van der Waals surface area contributed by atoms with Crippen molar-refractivity contribution in [2.75, 3.05) is 5.32 Å². The average molecular weight is 410 g/mol. The number of aromatic amines is 2. The highest BCUT2D eigenvalue weighted by molar-refractivity contribution is 5.96. The Hall–Kier alpha value is -3.71. The Morgan fingerprint density at radius 3 is 2.77 bits per heavy atom. The number of fused-ring (bicyclic) bond motifs is 2. The van der Waals surface area contributed by atoms with Crippen molar-refractivity contribution in [2.24, 2.45) is 5.92 Å². The smallest absolute Gasteiger partial charge is 0.127 e. The van der Waals surface area contributed by atoms with Crippen molar-refractivity contribution < 1.29 is 5.11 Å². The third-order valence-electron chi connectivity index (χ3n) is 6.18. The minimum absolute atomic E-state index is 0.322. The third kappa shape index (κ3) is 3.23. The number of hydrogen-bond donors (Lipinski definition) is 4. The zero-order chi connectivity index (χ0) is 20.8. The fourth-order valence-electron chi connectivity index (χ4n) is 4.18. The second-order valence-electron chi connectivity index (χ2n) is 8.20. The highest BCUT2D eigenvalue weighted by atomic mass is 16.3. The highest BCUT2D eigenvalue weighted by Gasteiger charge is 2.25. The molecule has 6 rings (SSSR count). The molecule has 0 aliphatic heterocycles. The van der Waals surface area contributed by atoms with Gasteiger partial charge >= 0.3 is 0 Å². The van der Waals surface area contributed by atoms with Crippen molar-refractivity contribution in [3.05, 3.63) is 61.1 Å². The van der Waals surface area contributed by atoms with Gasteiger partial charge in [-0.15, -0.1) is 0 Å². The molecule has 0 spiro atoms. The average Bonchev–Trinajstić information content (AvgIpc) is 3.36. The predicted octanol–water partition coefficient (Wildman–Crippen LogP) is 4.70. The van der Waals surface area contributed by atoms with Gasteiger partial charge in [-0.3, -0.25) is 15.1 Å². The van der Waals surface area contributed by atoms with E-state index < -0.39 is 6.23 Å². The number of pyridine rings is 2. The van der Waals surface area contributed by atoms with Crippen LogP contribution in [0, 0.1) is 5.92 Å². The molecular formula is C24H22N6O. The molecule has 31 heavy (non-hydrogen) atoms. The summed E-state index contributed by atoms with van der Waals surface area (Å²) >= 11 is 0. The van der Waals surface area contributed by atoms with Crippen LogP contribution >= 0.6 is 0 Å². The number of rotatable bonds is 5. The molecular weight excluding hydrogens is 388 g/mol. The van der Waals surface area contributed by atoms with Gasteiger partial charge in [0, 0.05) is 34.0 Å². The van der Waals surface area contributed by atoms with Crippen LogP contribution in [-0.2, 0) is 0 Å². The molecule has 1 aromatic carbocycles. The summed E-state index contributed by atoms with van der Waals surface area (Å²) in [7, 11) is 0. The van der Waals surface area contributed by atoms with Gasteiger partial charge in [-0.1, -0.05) is 24.6 Å². The molecule has 5 aromatic rings. The molecule has 1 fully saturated rings. The zero-order valence-corrected chi connectivity index (χ0v) is 16.8. The van der Waals surface area contributed by atoms with E-state index >= 15 is 0 Å². The first kappa shape index (κ1) is 18.1. The summed E-state index contributed by atoms with van der Waals surface area (Å²) in [5.74, 6) is 0.322. The SMILES string of the molecule is OC(Nc1cncc(-c2cc3c(-c4cc5ccccc5[nH]4)n[nH]c3cn2)c1)C1CCC1. The van der Waals surface area contributed by atoms with Gasteiger partial charge in [-0.25, -0.2) is 0 Å². The van der Waals surface area contributed by atoms with Crippen molar-refractivity contribution in [3.8, 4) is 22.6 Å². The number of hydrogen-bond acceptors (Lipinski definition) is 5. The van der Waals surface area contributed by atoms with Crippen LogP contribution in [0.2, 0.25) is 0 Å². The fourth-order valence-corrected chi connectivity index (χ4v) is 4.18. The van der Waals surface area contributed by atoms with E-state index in [1.807, 2.05) is 24.3 Å². The van der Waals surface area contributed by atoms with Crippen LogP contribution in [0.25, 0.3) is 44.5 Å². The number of H-pyrrole nitrogens is 2. The molecule has 4 heterocycles. The topological polar surface area (TPSA) is 103 Å². The van der Waals surface area contributed by atoms with E-state index in [4.69, 9.17) is 0 Å². The van der Waals surface area contributed by atoms with Gasteiger partial charge in [0.15, 0.2) is 0 Å². The van der Waals surface area contributed by atoms with E-state index in [1.54, 1.807) is 18.6 Å². The maximum Gasteiger partial charge on any atom is 0.127 e. The molecule has 0 amide bonds. The second-order valence-corrected chi connectivity index (χ2v) is 8.20. The van der Waals surface area contributed by atoms with Gasteiger partial charge in [0.05, 0.1) is 35.0 Å². The van der Waals surface area contributed by atoms with Crippen molar-refractivity contribution >= 4 is 27.5 Å². The van der Waals surface area contributed by atoms with Crippen molar-refractivity contribution in [3.63, 3.8) is 0 Å². The number of nitrogens with one attached hydrogen (secondary N) is 3. The van der Waals surface area contributed by atoms with E-state index in [0.717, 1.165) is 63.0 Å². The maximum absolute atomic E-state index is 10.3. The standard InChI is InChI=1S/C24H22N6O/c31-24(14-5-3-6-14)27-17-8-16(11-25-12-17)20-10-18-22(13-26-20)29-30-23(18)21-9-15-4-1-2-7-19(15)28-21/h1-2,4,7-14,24,27-28,31H,3,5-6H2,(H,29,30). The van der Waals surface area contributed by atoms with Crippen LogP contribution in [0.15, 0.2) is 61.1 Å². The van der Waals surface area contributed by atoms with Crippen LogP contribution < -0.4 is 5.32 Å². The monoisotopic (exact) mass is 410 g/mol. The largest absolute Gasteiger partial charge is 0.374 e. The summed E-state index contributed by atoms with van der Waals surface area (Å²) in [5.41, 5.74) is 6.26. The summed E-state index contributed by atoms with van der Waals surface area (Å²) in [4.78, 5) is 12.4. The number of para-hydroxylation sites is 1. The first-order valence-corrected chi connectivity index (χ1v) is 10.6. The van der Waals surface area contributed by atoms with Crippen LogP contribution in [0.5, 0.6) is 0 Å². The van der Waals surface area contributed by atoms with Crippen LogP contribution in [0.4, 0.5) is 5.69 Å². The van der Waals surface area contributed by atoms with Crippen LogP contribution in [0.3, 0.4) is 0 Å². The molecule has 1 atom stereocenters. The number of aliphatic hydroxyl groups excluding tert-OH is 1. The maximum atomic E-state index is 10.3. The Morgan fingerprint density at radius 1 is 1.03 bits per heavy atom. The first-order valence-electron chi connectivity index (χ1n) is 10.6. The number of benzene rings is 1. The van der Waals surface area contributed by atoms with E-state index in [-0.39, 0.29) is 0 Å². The van der Waals surface area contributed by atoms with E-state index in [9.17, 15) is 5.11 Å². The van der Waals surface area contributed by atoms with Crippen molar-refractivity contribution in [1.29, 1.82) is 0 Å². The first-order chi connectivity index (χ1) is 15.2. The van der Waals surface area contributed by atoms with Crippen molar-refractivity contribution in [2.45, 2.75) is 25.5 Å². The Balaban J connectivity index is 1.36. The van der Waals surface area contributed by atoms with E-state index in [2.05, 4.69) is 48.7 Å². The molecule has 1 saturated carbocycles. The van der Waals surface area contributed by atoms with E-state index in [0.29, 0.717) is 5.92 Å². The molecule has 1 aliphatic rings. The molecule has 0 radical (unpaired) electrons. The lowest BCUT2D eigenvalue weighted by Crippen LogP contribution is -2.33. The number of aliphatic hydroxyl groups is 1. The minimum Gasteiger partial charge on any atom is -0.374 e. The number of nitrogens with zero attached hydrogens (tertiary/aromatic N) is 3. The van der Waals surface area contributed by atoms with E-state index in [1.165, 1.54) is 6.42 Å². The lowest BCUT2D eigenvalue weighted by atomic mass is 9.84. The molecule has 1 aliphatic carbocycles. The molecule has 4 aromatic heterocycles. The van der Waals surface area contributed by atoms with Gasteiger partial charge in [0.25, 0.3) is 0 Å². The summed E-state index contributed by atoms with van der Waals surface area (Å²) in [6.07, 6.45) is 8.11. The molecule has 1 unspecified atom stereocenters. The predicted molar refractivity (Wildman–Crippen MR) is 121 cm³/mol. The van der Waals surface area contributed by atoms with Crippen LogP contribution in [-0.4, -0.2) is 36.5 Å². The highest BCUT2D eigenvalue weighted by Crippen LogP contribution is 2.32. The fraction of sp³-hybridized carbons (Fsp3) is 0.208. The minimum atomic E-state index is -0.538. The number of anilines is 1. The molecule has 154 valence electrons. The summed E-state index contributed by atoms with van der Waals surface area (Å²) < 4.78 is 0. The quantitative estimate of drug-likeness (QED) is 0.315. The summed E-state index contributed by atoms with van der Waals surface area (Å²) in [5, 5.41) is 23.3. The van der Waals surface area contributed by atoms with Crippen molar-refractivity contribution in [1.82, 2.24) is 25.1 Å². The van der Waals surface area contributed by atoms with Gasteiger partial charge in [-0.05, 0) is 37.1 Å². The zero-order valence-electron chi connectivity index (χ0n) is 16.8. The molecule has 4 N–H and O–H groups in total. The number of aromatic nitrogens is 5. The molecule has 7 heteroatoms. The van der Waals surface area contributed by atoms with Gasteiger partial charge < -0.3 is 15.4 Å². The normalized spacial score (nSPS) is 15.3. The molecule has 0 bridgehead atoms. The van der Waals surface area contributed by atoms with Gasteiger partial charge in [-0.2, -0.15) is 5.10 Å². The molecule has 7 nitrogen and oxygen atoms in total. The second kappa shape index (κ2) is 7.21. The van der Waals surface area contributed by atoms with Gasteiger partial charge in [0.1, 0.15) is 11.9 Å². The Morgan fingerprint density at radius 2 is 1.94 bits per heavy atom. The molecule has 0 saturated heterocycles. The Labute approximate surface area is 178 Å². The van der Waals surface area contributed by atoms with Crippen LogP contribution in [0.1, 0.15) is 19.3 Å². The lowest BCUT2D eigenvalue weighted by molar-refractivity contribution is 0.0851.